The van der Waals surface area contributed by atoms with Crippen LogP contribution in [0, 0.1) is 17.1 Å². The maximum absolute atomic E-state index is 13.7. The van der Waals surface area contributed by atoms with Crippen LogP contribution in [0.3, 0.4) is 0 Å². The van der Waals surface area contributed by atoms with E-state index < -0.39 is 17.5 Å². The van der Waals surface area contributed by atoms with E-state index in [1.807, 2.05) is 0 Å². The quantitative estimate of drug-likeness (QED) is 0.860. The van der Waals surface area contributed by atoms with Crippen LogP contribution in [0.2, 0.25) is 0 Å². The van der Waals surface area contributed by atoms with Gasteiger partial charge >= 0.3 is 0 Å². The smallest absolute Gasteiger partial charge is 0.231 e. The molecule has 0 unspecified atom stereocenters. The Labute approximate surface area is 166 Å². The first-order valence-corrected chi connectivity index (χ1v) is 9.69. The van der Waals surface area contributed by atoms with Gasteiger partial charge in [-0.2, -0.15) is 5.26 Å². The molecule has 28 heavy (non-hydrogen) atoms. The first-order valence-electron chi connectivity index (χ1n) is 8.70. The Morgan fingerprint density at radius 1 is 1.32 bits per heavy atom. The zero-order valence-corrected chi connectivity index (χ0v) is 15.9. The monoisotopic (exact) mass is 396 g/mol. The van der Waals surface area contributed by atoms with Gasteiger partial charge in [-0.05, 0) is 29.8 Å². The predicted octanol–water partition coefficient (Wildman–Crippen LogP) is 3.48. The van der Waals surface area contributed by atoms with Crippen molar-refractivity contribution in [3.05, 3.63) is 76.1 Å². The Bertz CT molecular complexity index is 1020. The fourth-order valence-corrected chi connectivity index (χ4v) is 5.06. The Morgan fingerprint density at radius 3 is 2.71 bits per heavy atom. The minimum atomic E-state index is -1.54. The largest absolute Gasteiger partial charge is 0.497 e. The highest BCUT2D eigenvalue weighted by Crippen LogP contribution is 2.51. The van der Waals surface area contributed by atoms with Crippen molar-refractivity contribution < 1.29 is 19.0 Å². The van der Waals surface area contributed by atoms with Crippen molar-refractivity contribution in [1.29, 1.82) is 5.26 Å². The van der Waals surface area contributed by atoms with E-state index in [0.29, 0.717) is 27.5 Å². The number of carbonyl (C=O) groups excluding carboxylic acids is 1. The molecule has 0 saturated carbocycles. The number of benzene rings is 2. The number of amides is 1. The SMILES string of the molecule is COc1ccc([C@@]2(O)CSC3=C(C#N)[C@H](c4cccc(F)c4)CC(=O)N32)cc1. The molecule has 1 amide bonds. The second-order valence-corrected chi connectivity index (χ2v) is 7.67. The van der Waals surface area contributed by atoms with Crippen LogP contribution in [-0.4, -0.2) is 28.8 Å². The van der Waals surface area contributed by atoms with Crippen molar-refractivity contribution in [2.24, 2.45) is 0 Å². The number of halogens is 1. The molecule has 1 N–H and O–H groups in total. The number of hydrogen-bond acceptors (Lipinski definition) is 5. The molecule has 2 aliphatic rings. The number of carbonyl (C=O) groups is 1. The summed E-state index contributed by atoms with van der Waals surface area (Å²) in [5.41, 5.74) is -0.0407. The van der Waals surface area contributed by atoms with Gasteiger partial charge in [0.2, 0.25) is 5.91 Å². The lowest BCUT2D eigenvalue weighted by atomic mass is 9.85. The summed E-state index contributed by atoms with van der Waals surface area (Å²) in [6, 6.07) is 15.0. The number of hydrogen-bond donors (Lipinski definition) is 1. The average Bonchev–Trinajstić information content (AvgIpc) is 3.07. The van der Waals surface area contributed by atoms with Gasteiger partial charge < -0.3 is 9.84 Å². The molecule has 7 heteroatoms. The second kappa shape index (κ2) is 6.97. The van der Waals surface area contributed by atoms with E-state index in [9.17, 15) is 19.6 Å². The van der Waals surface area contributed by atoms with Gasteiger partial charge in [0, 0.05) is 17.9 Å². The molecule has 1 fully saturated rings. The zero-order chi connectivity index (χ0) is 19.9. The van der Waals surface area contributed by atoms with Crippen molar-refractivity contribution in [2.45, 2.75) is 18.1 Å². The highest BCUT2D eigenvalue weighted by Gasteiger charge is 2.51. The molecule has 4 rings (SSSR count). The van der Waals surface area contributed by atoms with Crippen molar-refractivity contribution >= 4 is 17.7 Å². The highest BCUT2D eigenvalue weighted by atomic mass is 32.2. The van der Waals surface area contributed by atoms with Crippen LogP contribution >= 0.6 is 11.8 Å². The zero-order valence-electron chi connectivity index (χ0n) is 15.1. The number of nitrogens with zero attached hydrogens (tertiary/aromatic N) is 2. The first kappa shape index (κ1) is 18.5. The molecule has 2 aromatic rings. The van der Waals surface area contributed by atoms with Crippen LogP contribution in [-0.2, 0) is 10.5 Å². The molecule has 0 radical (unpaired) electrons. The molecule has 2 aliphatic heterocycles. The normalized spacial score (nSPS) is 24.1. The maximum Gasteiger partial charge on any atom is 0.231 e. The third-order valence-electron chi connectivity index (χ3n) is 5.11. The van der Waals surface area contributed by atoms with Gasteiger partial charge in [0.15, 0.2) is 5.72 Å². The van der Waals surface area contributed by atoms with Crippen LogP contribution in [0.4, 0.5) is 4.39 Å². The number of thioether (sulfide) groups is 1. The van der Waals surface area contributed by atoms with E-state index in [1.165, 1.54) is 28.8 Å². The third kappa shape index (κ3) is 2.86. The Balaban J connectivity index is 1.78. The summed E-state index contributed by atoms with van der Waals surface area (Å²) in [6.07, 6.45) is -0.00509. The first-order chi connectivity index (χ1) is 13.5. The molecule has 2 aromatic carbocycles. The van der Waals surface area contributed by atoms with Gasteiger partial charge in [0.1, 0.15) is 11.6 Å². The van der Waals surface area contributed by atoms with Crippen LogP contribution in [0.1, 0.15) is 23.5 Å². The summed E-state index contributed by atoms with van der Waals surface area (Å²) in [5, 5.41) is 21.6. The molecule has 0 aliphatic carbocycles. The Kier molecular flexibility index (Phi) is 4.61. The minimum absolute atomic E-state index is 0.00509. The summed E-state index contributed by atoms with van der Waals surface area (Å²) in [5.74, 6) is -0.385. The summed E-state index contributed by atoms with van der Waals surface area (Å²) < 4.78 is 18.8. The maximum atomic E-state index is 13.7. The summed E-state index contributed by atoms with van der Waals surface area (Å²) >= 11 is 1.26. The molecule has 1 saturated heterocycles. The van der Waals surface area contributed by atoms with Gasteiger partial charge in [-0.25, -0.2) is 4.39 Å². The van der Waals surface area contributed by atoms with Crippen molar-refractivity contribution in [1.82, 2.24) is 4.90 Å². The van der Waals surface area contributed by atoms with E-state index in [1.54, 1.807) is 43.5 Å². The molecule has 142 valence electrons. The van der Waals surface area contributed by atoms with Gasteiger partial charge in [0.25, 0.3) is 0 Å². The second-order valence-electron chi connectivity index (χ2n) is 6.71. The lowest BCUT2D eigenvalue weighted by molar-refractivity contribution is -0.149. The lowest BCUT2D eigenvalue weighted by Crippen LogP contribution is -2.48. The van der Waals surface area contributed by atoms with E-state index in [-0.39, 0.29) is 18.1 Å². The number of nitriles is 1. The van der Waals surface area contributed by atoms with Crippen LogP contribution in [0.5, 0.6) is 5.75 Å². The van der Waals surface area contributed by atoms with Crippen molar-refractivity contribution in [2.75, 3.05) is 12.9 Å². The van der Waals surface area contributed by atoms with Crippen molar-refractivity contribution in [3.8, 4) is 11.8 Å². The average molecular weight is 396 g/mol. The number of aliphatic hydroxyl groups is 1. The number of allylic oxidation sites excluding steroid dienone is 1. The molecule has 2 heterocycles. The third-order valence-corrected chi connectivity index (χ3v) is 6.34. The van der Waals surface area contributed by atoms with E-state index in [0.717, 1.165) is 0 Å². The number of methoxy groups -OCH3 is 1. The number of ether oxygens (including phenoxy) is 1. The molecule has 2 atom stereocenters. The van der Waals surface area contributed by atoms with E-state index >= 15 is 0 Å². The highest BCUT2D eigenvalue weighted by molar-refractivity contribution is 8.03. The van der Waals surface area contributed by atoms with Crippen molar-refractivity contribution in [3.63, 3.8) is 0 Å². The molecule has 0 bridgehead atoms. The molecule has 0 spiro atoms. The van der Waals surface area contributed by atoms with E-state index in [4.69, 9.17) is 4.74 Å². The lowest BCUT2D eigenvalue weighted by Gasteiger charge is -2.38. The standard InChI is InChI=1S/C21H17FN2O3S/c1-27-16-7-5-14(6-8-16)21(26)12-28-20-18(11-23)17(10-19(25)24(20)21)13-3-2-4-15(22)9-13/h2-9,17,26H,10,12H2,1H3/t17-,21-/m0/s1. The number of rotatable bonds is 3. The summed E-state index contributed by atoms with van der Waals surface area (Å²) in [6.45, 7) is 0. The van der Waals surface area contributed by atoms with Gasteiger partial charge in [-0.1, -0.05) is 24.3 Å². The van der Waals surface area contributed by atoms with Crippen LogP contribution in [0.15, 0.2) is 59.1 Å². The summed E-state index contributed by atoms with van der Waals surface area (Å²) in [7, 11) is 1.55. The van der Waals surface area contributed by atoms with Gasteiger partial charge in [0.05, 0.1) is 29.5 Å². The topological polar surface area (TPSA) is 73.6 Å². The molecular weight excluding hydrogens is 379 g/mol. The number of fused-ring (bicyclic) bond motifs is 1. The van der Waals surface area contributed by atoms with Gasteiger partial charge in [-0.15, -0.1) is 11.8 Å². The fourth-order valence-electron chi connectivity index (χ4n) is 3.70. The van der Waals surface area contributed by atoms with Gasteiger partial charge in [-0.3, -0.25) is 9.69 Å². The van der Waals surface area contributed by atoms with E-state index in [2.05, 4.69) is 6.07 Å². The Hall–Kier alpha value is -2.82. The molecule has 0 aromatic heterocycles. The van der Waals surface area contributed by atoms with Crippen LogP contribution in [0.25, 0.3) is 0 Å². The summed E-state index contributed by atoms with van der Waals surface area (Å²) in [4.78, 5) is 14.3. The fraction of sp³-hybridized carbons (Fsp3) is 0.238. The molecular formula is C21H17FN2O3S. The predicted molar refractivity (Wildman–Crippen MR) is 103 cm³/mol. The van der Waals surface area contributed by atoms with Crippen LogP contribution < -0.4 is 4.74 Å². The molecule has 5 nitrogen and oxygen atoms in total. The minimum Gasteiger partial charge on any atom is -0.497 e. The Morgan fingerprint density at radius 2 is 2.07 bits per heavy atom.